The van der Waals surface area contributed by atoms with Crippen LogP contribution in [0.15, 0.2) is 30.6 Å². The van der Waals surface area contributed by atoms with Gasteiger partial charge in [0, 0.05) is 29.3 Å². The predicted molar refractivity (Wildman–Crippen MR) is 88.6 cm³/mol. The topological polar surface area (TPSA) is 52.1 Å². The van der Waals surface area contributed by atoms with Crippen LogP contribution in [0.25, 0.3) is 0 Å². The molecule has 0 amide bonds. The number of hydrogen-bond donors (Lipinski definition) is 0. The van der Waals surface area contributed by atoms with E-state index in [9.17, 15) is 9.18 Å². The molecule has 0 atom stereocenters. The van der Waals surface area contributed by atoms with E-state index in [1.165, 1.54) is 24.5 Å². The number of carbonyl (C=O) groups excluding carboxylic acids is 1. The van der Waals surface area contributed by atoms with Gasteiger partial charge in [0.1, 0.15) is 11.6 Å². The molecule has 3 rings (SSSR count). The van der Waals surface area contributed by atoms with Crippen LogP contribution in [-0.4, -0.2) is 22.5 Å². The summed E-state index contributed by atoms with van der Waals surface area (Å²) < 4.78 is 18.6. The van der Waals surface area contributed by atoms with Gasteiger partial charge in [-0.25, -0.2) is 19.2 Å². The molecule has 6 heteroatoms. The van der Waals surface area contributed by atoms with Crippen molar-refractivity contribution in [2.24, 2.45) is 0 Å². The second-order valence-corrected chi connectivity index (χ2v) is 6.45. The summed E-state index contributed by atoms with van der Waals surface area (Å²) in [6.07, 6.45) is 6.41. The van der Waals surface area contributed by atoms with Crippen LogP contribution in [0.3, 0.4) is 0 Å². The summed E-state index contributed by atoms with van der Waals surface area (Å²) in [7, 11) is 0. The fourth-order valence-corrected chi connectivity index (χ4v) is 3.44. The Hall–Kier alpha value is -2.01. The summed E-state index contributed by atoms with van der Waals surface area (Å²) in [6.45, 7) is 2.05. The number of ether oxygens (including phenoxy) is 1. The van der Waals surface area contributed by atoms with Gasteiger partial charge in [-0.05, 0) is 43.5 Å². The Morgan fingerprint density at radius 1 is 1.33 bits per heavy atom. The monoisotopic (exact) mass is 348 g/mol. The molecule has 24 heavy (non-hydrogen) atoms. The van der Waals surface area contributed by atoms with Gasteiger partial charge in [-0.15, -0.1) is 0 Å². The van der Waals surface area contributed by atoms with Crippen molar-refractivity contribution in [3.63, 3.8) is 0 Å². The lowest BCUT2D eigenvalue weighted by Gasteiger charge is -2.42. The minimum Gasteiger partial charge on any atom is -0.462 e. The Morgan fingerprint density at radius 2 is 2.04 bits per heavy atom. The summed E-state index contributed by atoms with van der Waals surface area (Å²) in [5.74, 6) is -0.113. The van der Waals surface area contributed by atoms with Crippen LogP contribution in [0.4, 0.5) is 4.39 Å². The van der Waals surface area contributed by atoms with E-state index in [2.05, 4.69) is 9.97 Å². The van der Waals surface area contributed by atoms with E-state index < -0.39 is 5.97 Å². The summed E-state index contributed by atoms with van der Waals surface area (Å²) in [5.41, 5.74) is 0.908. The number of rotatable bonds is 5. The van der Waals surface area contributed by atoms with Crippen molar-refractivity contribution in [1.82, 2.24) is 9.97 Å². The van der Waals surface area contributed by atoms with Crippen molar-refractivity contribution >= 4 is 17.6 Å². The Balaban J connectivity index is 1.83. The predicted octanol–water partition coefficient (Wildman–Crippen LogP) is 4.11. The largest absolute Gasteiger partial charge is 0.462 e. The van der Waals surface area contributed by atoms with E-state index in [1.54, 1.807) is 13.0 Å². The van der Waals surface area contributed by atoms with Crippen LogP contribution in [0.2, 0.25) is 5.02 Å². The van der Waals surface area contributed by atoms with Gasteiger partial charge in [0.15, 0.2) is 0 Å². The molecule has 1 aromatic heterocycles. The molecule has 1 aliphatic rings. The number of esters is 1. The smallest absolute Gasteiger partial charge is 0.341 e. The highest BCUT2D eigenvalue weighted by Crippen LogP contribution is 2.48. The van der Waals surface area contributed by atoms with E-state index in [-0.39, 0.29) is 11.2 Å². The molecule has 0 unspecified atom stereocenters. The molecule has 0 saturated heterocycles. The third kappa shape index (κ3) is 3.26. The first-order chi connectivity index (χ1) is 11.5. The molecule has 0 N–H and O–H groups in total. The zero-order chi connectivity index (χ0) is 17.2. The highest BCUT2D eigenvalue weighted by Gasteiger charge is 2.41. The molecule has 4 nitrogen and oxygen atoms in total. The van der Waals surface area contributed by atoms with Crippen molar-refractivity contribution in [1.29, 1.82) is 0 Å². The fraction of sp³-hybridized carbons (Fsp3) is 0.389. The van der Waals surface area contributed by atoms with Crippen LogP contribution in [0.1, 0.15) is 47.9 Å². The second-order valence-electron chi connectivity index (χ2n) is 6.04. The maximum atomic E-state index is 13.6. The average Bonchev–Trinajstić information content (AvgIpc) is 2.54. The average molecular weight is 349 g/mol. The Morgan fingerprint density at radius 3 is 2.62 bits per heavy atom. The Labute approximate surface area is 145 Å². The van der Waals surface area contributed by atoms with Gasteiger partial charge in [0.05, 0.1) is 12.2 Å². The third-order valence-electron chi connectivity index (χ3n) is 4.52. The highest BCUT2D eigenvalue weighted by atomic mass is 35.5. The van der Waals surface area contributed by atoms with E-state index in [0.717, 1.165) is 24.8 Å². The summed E-state index contributed by atoms with van der Waals surface area (Å²) in [4.78, 5) is 20.2. The van der Waals surface area contributed by atoms with Crippen molar-refractivity contribution in [2.75, 3.05) is 6.61 Å². The first-order valence-corrected chi connectivity index (χ1v) is 8.35. The van der Waals surface area contributed by atoms with E-state index in [0.29, 0.717) is 29.4 Å². The number of nitrogens with zero attached hydrogens (tertiary/aromatic N) is 2. The third-order valence-corrected chi connectivity index (χ3v) is 4.85. The van der Waals surface area contributed by atoms with Gasteiger partial charge in [-0.3, -0.25) is 0 Å². The Kier molecular flexibility index (Phi) is 4.81. The van der Waals surface area contributed by atoms with Crippen LogP contribution >= 0.6 is 11.6 Å². The standard InChI is InChI=1S/C18H18ClFN2O2/c1-2-24-17(23)12-10-21-16(22-11-12)9-18(6-3-7-18)14-8-13(20)4-5-15(14)19/h4-5,8,10-11H,2-3,6-7,9H2,1H3. The number of carbonyl (C=O) groups is 1. The molecule has 0 spiro atoms. The van der Waals surface area contributed by atoms with Crippen LogP contribution < -0.4 is 0 Å². The molecule has 2 aromatic rings. The molecule has 1 heterocycles. The molecule has 126 valence electrons. The van der Waals surface area contributed by atoms with Gasteiger partial charge in [-0.1, -0.05) is 18.0 Å². The van der Waals surface area contributed by atoms with Crippen LogP contribution in [0, 0.1) is 5.82 Å². The molecule has 0 radical (unpaired) electrons. The molecule has 1 saturated carbocycles. The zero-order valence-electron chi connectivity index (χ0n) is 13.4. The van der Waals surface area contributed by atoms with Crippen molar-refractivity contribution in [2.45, 2.75) is 38.0 Å². The maximum absolute atomic E-state index is 13.6. The lowest BCUT2D eigenvalue weighted by atomic mass is 9.62. The number of hydrogen-bond acceptors (Lipinski definition) is 4. The minimum atomic E-state index is -0.435. The van der Waals surface area contributed by atoms with Gasteiger partial charge < -0.3 is 4.74 Å². The quantitative estimate of drug-likeness (QED) is 0.763. The van der Waals surface area contributed by atoms with Gasteiger partial charge in [0.2, 0.25) is 0 Å². The number of halogens is 2. The molecule has 1 aliphatic carbocycles. The lowest BCUT2D eigenvalue weighted by Crippen LogP contribution is -2.37. The first-order valence-electron chi connectivity index (χ1n) is 7.98. The molecule has 0 bridgehead atoms. The van der Waals surface area contributed by atoms with E-state index in [1.807, 2.05) is 0 Å². The maximum Gasteiger partial charge on any atom is 0.341 e. The SMILES string of the molecule is CCOC(=O)c1cnc(CC2(c3cc(F)ccc3Cl)CCC2)nc1. The number of aromatic nitrogens is 2. The molecular formula is C18H18ClFN2O2. The first kappa shape index (κ1) is 16.8. The highest BCUT2D eigenvalue weighted by molar-refractivity contribution is 6.31. The minimum absolute atomic E-state index is 0.232. The van der Waals surface area contributed by atoms with Crippen molar-refractivity contribution < 1.29 is 13.9 Å². The Bertz CT molecular complexity index is 745. The van der Waals surface area contributed by atoms with Gasteiger partial charge in [-0.2, -0.15) is 0 Å². The van der Waals surface area contributed by atoms with Crippen LogP contribution in [-0.2, 0) is 16.6 Å². The summed E-state index contributed by atoms with van der Waals surface area (Å²) in [5, 5.41) is 0.569. The fourth-order valence-electron chi connectivity index (χ4n) is 3.12. The number of benzene rings is 1. The lowest BCUT2D eigenvalue weighted by molar-refractivity contribution is 0.0525. The zero-order valence-corrected chi connectivity index (χ0v) is 14.1. The summed E-state index contributed by atoms with van der Waals surface area (Å²) in [6, 6.07) is 4.47. The molecule has 0 aliphatic heterocycles. The van der Waals surface area contributed by atoms with Crippen molar-refractivity contribution in [3.05, 3.63) is 58.4 Å². The summed E-state index contributed by atoms with van der Waals surface area (Å²) >= 11 is 6.29. The second kappa shape index (κ2) is 6.85. The normalized spacial score (nSPS) is 15.6. The van der Waals surface area contributed by atoms with Crippen molar-refractivity contribution in [3.8, 4) is 0 Å². The van der Waals surface area contributed by atoms with Gasteiger partial charge in [0.25, 0.3) is 0 Å². The molecular weight excluding hydrogens is 331 g/mol. The van der Waals surface area contributed by atoms with Crippen LogP contribution in [0.5, 0.6) is 0 Å². The van der Waals surface area contributed by atoms with E-state index in [4.69, 9.17) is 16.3 Å². The molecule has 1 fully saturated rings. The molecule has 1 aromatic carbocycles. The van der Waals surface area contributed by atoms with E-state index >= 15 is 0 Å². The van der Waals surface area contributed by atoms with Gasteiger partial charge >= 0.3 is 5.97 Å².